The third-order valence-corrected chi connectivity index (χ3v) is 9.36. The Labute approximate surface area is 185 Å². The number of hydrogen-bond acceptors (Lipinski definition) is 5. The van der Waals surface area contributed by atoms with Gasteiger partial charge in [-0.2, -0.15) is 5.26 Å². The highest BCUT2D eigenvalue weighted by atomic mass is 32.2. The second kappa shape index (κ2) is 8.60. The molecular weight excluding hydrogens is 419 g/mol. The maximum Gasteiger partial charge on any atom is 0.237 e. The Balaban J connectivity index is 1.40. The molecule has 4 saturated carbocycles. The monoisotopic (exact) mass is 454 g/mol. The molecule has 5 fully saturated rings. The summed E-state index contributed by atoms with van der Waals surface area (Å²) < 4.78 is 41.4. The van der Waals surface area contributed by atoms with Gasteiger partial charge in [0.05, 0.1) is 24.9 Å². The second-order valence-corrected chi connectivity index (χ2v) is 12.5. The van der Waals surface area contributed by atoms with Crippen LogP contribution in [0.1, 0.15) is 64.7 Å². The zero-order valence-electron chi connectivity index (χ0n) is 18.4. The lowest BCUT2D eigenvalue weighted by molar-refractivity contribution is -0.132. The predicted molar refractivity (Wildman–Crippen MR) is 115 cm³/mol. The van der Waals surface area contributed by atoms with E-state index < -0.39 is 22.2 Å². The number of halogens is 1. The van der Waals surface area contributed by atoms with Crippen LogP contribution in [0.5, 0.6) is 0 Å². The van der Waals surface area contributed by atoms with Gasteiger partial charge in [-0.1, -0.05) is 13.3 Å². The maximum absolute atomic E-state index is 13.7. The van der Waals surface area contributed by atoms with Crippen LogP contribution in [0.25, 0.3) is 0 Å². The lowest BCUT2D eigenvalue weighted by atomic mass is 9.47. The number of hydrogen-bond donors (Lipinski definition) is 2. The van der Waals surface area contributed by atoms with E-state index in [1.165, 1.54) is 11.3 Å². The van der Waals surface area contributed by atoms with Gasteiger partial charge in [-0.25, -0.2) is 17.5 Å². The molecule has 1 amide bonds. The normalized spacial score (nSPS) is 39.1. The van der Waals surface area contributed by atoms with Crippen LogP contribution in [0.4, 0.5) is 4.39 Å². The Kier molecular flexibility index (Phi) is 6.36. The zero-order valence-corrected chi connectivity index (χ0v) is 19.2. The standard InChI is InChI=1S/C22H35FN4O3S/c1-2-3-4-31(29,30)26-15-21-7-16-5-17(8-21)10-22(9-16,14-21)25-12-20(28)27-13-18(23)6-19(27)11-24/h16-19,25-26H,2-10,12-15H2,1H3/t16?,17?,18-,19-,21?,22?/m0/s1. The van der Waals surface area contributed by atoms with Crippen molar-refractivity contribution in [1.82, 2.24) is 14.9 Å². The average Bonchev–Trinajstić information content (AvgIpc) is 3.09. The summed E-state index contributed by atoms with van der Waals surface area (Å²) in [6.45, 7) is 2.58. The van der Waals surface area contributed by atoms with E-state index >= 15 is 0 Å². The third-order valence-electron chi connectivity index (χ3n) is 7.95. The fourth-order valence-electron chi connectivity index (χ4n) is 7.08. The van der Waals surface area contributed by atoms with Gasteiger partial charge in [0.1, 0.15) is 12.2 Å². The fourth-order valence-corrected chi connectivity index (χ4v) is 8.42. The number of alkyl halides is 1. The smallest absolute Gasteiger partial charge is 0.237 e. The minimum absolute atomic E-state index is 0.000463. The highest BCUT2D eigenvalue weighted by molar-refractivity contribution is 7.89. The molecule has 174 valence electrons. The highest BCUT2D eigenvalue weighted by Gasteiger charge is 2.57. The number of likely N-dealkylation sites (tertiary alicyclic amines) is 1. The van der Waals surface area contributed by atoms with Crippen LogP contribution in [-0.4, -0.2) is 62.4 Å². The van der Waals surface area contributed by atoms with Crippen LogP contribution < -0.4 is 10.0 Å². The lowest BCUT2D eigenvalue weighted by Crippen LogP contribution is -2.65. The van der Waals surface area contributed by atoms with Gasteiger partial charge in [-0.15, -0.1) is 0 Å². The summed E-state index contributed by atoms with van der Waals surface area (Å²) in [7, 11) is -3.26. The minimum atomic E-state index is -3.26. The third kappa shape index (κ3) is 4.91. The summed E-state index contributed by atoms with van der Waals surface area (Å²) in [6.07, 6.45) is 6.65. The number of amides is 1. The maximum atomic E-state index is 13.7. The van der Waals surface area contributed by atoms with E-state index in [2.05, 4.69) is 10.0 Å². The molecule has 4 aliphatic carbocycles. The van der Waals surface area contributed by atoms with Gasteiger partial charge < -0.3 is 10.2 Å². The summed E-state index contributed by atoms with van der Waals surface area (Å²) in [5.41, 5.74) is -0.210. The Morgan fingerprint density at radius 3 is 2.58 bits per heavy atom. The molecule has 4 atom stereocenters. The van der Waals surface area contributed by atoms with E-state index in [0.717, 1.165) is 38.5 Å². The van der Waals surface area contributed by atoms with E-state index in [1.54, 1.807) is 0 Å². The fraction of sp³-hybridized carbons (Fsp3) is 0.909. The summed E-state index contributed by atoms with van der Waals surface area (Å²) in [4.78, 5) is 14.1. The molecule has 0 aromatic heterocycles. The molecule has 5 rings (SSSR count). The Morgan fingerprint density at radius 1 is 1.23 bits per heavy atom. The van der Waals surface area contributed by atoms with E-state index in [-0.39, 0.29) is 42.1 Å². The molecule has 2 N–H and O–H groups in total. The van der Waals surface area contributed by atoms with Gasteiger partial charge in [0.25, 0.3) is 0 Å². The van der Waals surface area contributed by atoms with Crippen LogP contribution in [0, 0.1) is 28.6 Å². The van der Waals surface area contributed by atoms with Crippen molar-refractivity contribution in [2.75, 3.05) is 25.4 Å². The van der Waals surface area contributed by atoms with Gasteiger partial charge >= 0.3 is 0 Å². The molecule has 1 saturated heterocycles. The topological polar surface area (TPSA) is 102 Å². The molecule has 9 heteroatoms. The van der Waals surface area contributed by atoms with E-state index in [1.807, 2.05) is 13.0 Å². The first-order valence-corrected chi connectivity index (χ1v) is 13.4. The number of nitrogens with one attached hydrogen (secondary N) is 2. The first-order valence-electron chi connectivity index (χ1n) is 11.7. The van der Waals surface area contributed by atoms with Crippen molar-refractivity contribution < 1.29 is 17.6 Å². The molecular formula is C22H35FN4O3S. The lowest BCUT2D eigenvalue weighted by Gasteiger charge is -2.62. The van der Waals surface area contributed by atoms with Crippen molar-refractivity contribution in [3.63, 3.8) is 0 Å². The number of sulfonamides is 1. The first-order chi connectivity index (χ1) is 14.7. The summed E-state index contributed by atoms with van der Waals surface area (Å²) in [5.74, 6) is 1.07. The Bertz CT molecular complexity index is 828. The van der Waals surface area contributed by atoms with E-state index in [9.17, 15) is 22.9 Å². The Hall–Kier alpha value is -1.24. The van der Waals surface area contributed by atoms with Crippen molar-refractivity contribution in [3.8, 4) is 6.07 Å². The number of nitriles is 1. The number of carbonyl (C=O) groups excluding carboxylic acids is 1. The van der Waals surface area contributed by atoms with Crippen LogP contribution >= 0.6 is 0 Å². The number of rotatable bonds is 9. The molecule has 0 radical (unpaired) electrons. The molecule has 7 nitrogen and oxygen atoms in total. The number of unbranched alkanes of at least 4 members (excludes halogenated alkanes) is 1. The predicted octanol–water partition coefficient (Wildman–Crippen LogP) is 2.10. The van der Waals surface area contributed by atoms with Crippen molar-refractivity contribution >= 4 is 15.9 Å². The molecule has 0 aromatic rings. The van der Waals surface area contributed by atoms with E-state index in [4.69, 9.17) is 0 Å². The van der Waals surface area contributed by atoms with Crippen LogP contribution in [0.15, 0.2) is 0 Å². The van der Waals surface area contributed by atoms with Crippen LogP contribution in [0.2, 0.25) is 0 Å². The van der Waals surface area contributed by atoms with Gasteiger partial charge in [0, 0.05) is 18.5 Å². The molecule has 1 heterocycles. The van der Waals surface area contributed by atoms with Crippen molar-refractivity contribution in [1.29, 1.82) is 5.26 Å². The second-order valence-electron chi connectivity index (χ2n) is 10.6. The van der Waals surface area contributed by atoms with Gasteiger partial charge in [0.2, 0.25) is 15.9 Å². The molecule has 0 aromatic carbocycles. The highest BCUT2D eigenvalue weighted by Crippen LogP contribution is 2.61. The molecule has 0 spiro atoms. The van der Waals surface area contributed by atoms with Gasteiger partial charge in [0.15, 0.2) is 0 Å². The summed E-state index contributed by atoms with van der Waals surface area (Å²) >= 11 is 0. The molecule has 31 heavy (non-hydrogen) atoms. The SMILES string of the molecule is CCCCS(=O)(=O)NCC12CC3CC(C1)CC(NCC(=O)N1C[C@@H](F)C[C@H]1C#N)(C3)C2. The van der Waals surface area contributed by atoms with Crippen LogP contribution in [0.3, 0.4) is 0 Å². The number of carbonyl (C=O) groups is 1. The minimum Gasteiger partial charge on any atom is -0.323 e. The first kappa shape index (κ1) is 22.9. The largest absolute Gasteiger partial charge is 0.323 e. The van der Waals surface area contributed by atoms with Crippen molar-refractivity contribution in [3.05, 3.63) is 0 Å². The molecule has 4 bridgehead atoms. The van der Waals surface area contributed by atoms with E-state index in [0.29, 0.717) is 24.8 Å². The average molecular weight is 455 g/mol. The van der Waals surface area contributed by atoms with Crippen molar-refractivity contribution in [2.24, 2.45) is 17.3 Å². The van der Waals surface area contributed by atoms with Crippen molar-refractivity contribution in [2.45, 2.75) is 82.5 Å². The Morgan fingerprint density at radius 2 is 1.94 bits per heavy atom. The van der Waals surface area contributed by atoms with Gasteiger partial charge in [-0.05, 0) is 62.2 Å². The quantitative estimate of drug-likeness (QED) is 0.555. The zero-order chi connectivity index (χ0) is 22.3. The van der Waals surface area contributed by atoms with Crippen LogP contribution in [-0.2, 0) is 14.8 Å². The number of nitrogens with zero attached hydrogens (tertiary/aromatic N) is 2. The summed E-state index contributed by atoms with van der Waals surface area (Å²) in [5, 5.41) is 12.7. The molecule has 1 aliphatic heterocycles. The molecule has 5 aliphatic rings. The van der Waals surface area contributed by atoms with Gasteiger partial charge in [-0.3, -0.25) is 4.79 Å². The summed E-state index contributed by atoms with van der Waals surface area (Å²) in [6, 6.07) is 1.37. The molecule has 2 unspecified atom stereocenters.